The van der Waals surface area contributed by atoms with Gasteiger partial charge in [-0.2, -0.15) is 0 Å². The lowest BCUT2D eigenvalue weighted by Gasteiger charge is -2.37. The summed E-state index contributed by atoms with van der Waals surface area (Å²) in [7, 11) is 0. The number of hydrogen-bond acceptors (Lipinski definition) is 4. The molecule has 2 aliphatic rings. The van der Waals surface area contributed by atoms with Crippen LogP contribution in [0.15, 0.2) is 60.7 Å². The van der Waals surface area contributed by atoms with Crippen molar-refractivity contribution in [2.24, 2.45) is 17.3 Å². The topological polar surface area (TPSA) is 38.8 Å². The fourth-order valence-electron chi connectivity index (χ4n) is 6.32. The summed E-state index contributed by atoms with van der Waals surface area (Å²) in [4.78, 5) is 15.2. The molecule has 0 spiro atoms. The van der Waals surface area contributed by atoms with Gasteiger partial charge in [0.1, 0.15) is 12.4 Å². The zero-order valence-electron chi connectivity index (χ0n) is 23.5. The van der Waals surface area contributed by atoms with Crippen molar-refractivity contribution in [2.75, 3.05) is 13.1 Å². The molecule has 0 unspecified atom stereocenters. The van der Waals surface area contributed by atoms with Crippen LogP contribution >= 0.6 is 0 Å². The van der Waals surface area contributed by atoms with Gasteiger partial charge in [0.05, 0.1) is 12.0 Å². The van der Waals surface area contributed by atoms with Gasteiger partial charge in [0.25, 0.3) is 0 Å². The number of ether oxygens (including phenoxy) is 2. The van der Waals surface area contributed by atoms with E-state index < -0.39 is 0 Å². The zero-order chi connectivity index (χ0) is 26.7. The lowest BCUT2D eigenvalue weighted by molar-refractivity contribution is -0.149. The monoisotopic (exact) mass is 513 g/mol. The second kappa shape index (κ2) is 11.5. The van der Waals surface area contributed by atoms with E-state index in [1.807, 2.05) is 30.3 Å². The summed E-state index contributed by atoms with van der Waals surface area (Å²) in [6.07, 6.45) is 5.81. The molecular weight excluding hydrogens is 470 g/mol. The highest BCUT2D eigenvalue weighted by Crippen LogP contribution is 2.40. The molecule has 4 heteroatoms. The largest absolute Gasteiger partial charge is 0.490 e. The Labute approximate surface area is 228 Å². The van der Waals surface area contributed by atoms with Crippen LogP contribution < -0.4 is 4.74 Å². The molecule has 1 aliphatic carbocycles. The van der Waals surface area contributed by atoms with Crippen LogP contribution in [0.2, 0.25) is 0 Å². The van der Waals surface area contributed by atoms with Crippen LogP contribution in [-0.2, 0) is 22.7 Å². The summed E-state index contributed by atoms with van der Waals surface area (Å²) in [5, 5.41) is 2.55. The summed E-state index contributed by atoms with van der Waals surface area (Å²) >= 11 is 0. The van der Waals surface area contributed by atoms with E-state index in [2.05, 4.69) is 62.9 Å². The van der Waals surface area contributed by atoms with Crippen molar-refractivity contribution < 1.29 is 14.3 Å². The number of carbonyl (C=O) groups is 1. The van der Waals surface area contributed by atoms with Gasteiger partial charge < -0.3 is 9.47 Å². The van der Waals surface area contributed by atoms with Crippen LogP contribution in [-0.4, -0.2) is 30.1 Å². The third-order valence-corrected chi connectivity index (χ3v) is 8.73. The van der Waals surface area contributed by atoms with Crippen molar-refractivity contribution in [3.8, 4) is 5.75 Å². The SMILES string of the molecule is Cc1cc(O[C@H]2CC[C@H](C(C)(C)C)CC2)c(CN2CC[C@H](C(=O)OCc3ccccc3)C2)c2ccccc12. The van der Waals surface area contributed by atoms with Crippen LogP contribution in [0.25, 0.3) is 10.8 Å². The molecule has 4 nitrogen and oxygen atoms in total. The number of fused-ring (bicyclic) bond motifs is 1. The van der Waals surface area contributed by atoms with Gasteiger partial charge >= 0.3 is 5.97 Å². The summed E-state index contributed by atoms with van der Waals surface area (Å²) in [6, 6.07) is 20.8. The third kappa shape index (κ3) is 6.23. The minimum atomic E-state index is -0.0859. The number of aryl methyl sites for hydroxylation is 1. The Bertz CT molecular complexity index is 1240. The van der Waals surface area contributed by atoms with Crippen LogP contribution in [0.4, 0.5) is 0 Å². The van der Waals surface area contributed by atoms with Crippen LogP contribution in [0, 0.1) is 24.2 Å². The standard InChI is InChI=1S/C34H43NO3/c1-24-20-32(38-28-16-14-27(15-17-28)34(2,3)4)31(30-13-9-8-12-29(24)30)22-35-19-18-26(21-35)33(36)37-23-25-10-6-5-7-11-25/h5-13,20,26-28H,14-19,21-23H2,1-4H3/t26-,27-,28-/m0/s1. The second-order valence-electron chi connectivity index (χ2n) is 12.5. The molecule has 38 heavy (non-hydrogen) atoms. The van der Waals surface area contributed by atoms with Gasteiger partial charge in [0.2, 0.25) is 0 Å². The van der Waals surface area contributed by atoms with Crippen LogP contribution in [0.5, 0.6) is 5.75 Å². The highest BCUT2D eigenvalue weighted by molar-refractivity contribution is 5.90. The third-order valence-electron chi connectivity index (χ3n) is 8.73. The van der Waals surface area contributed by atoms with Gasteiger partial charge in [0.15, 0.2) is 0 Å². The zero-order valence-corrected chi connectivity index (χ0v) is 23.5. The van der Waals surface area contributed by atoms with Crippen molar-refractivity contribution in [1.29, 1.82) is 0 Å². The molecule has 1 heterocycles. The predicted molar refractivity (Wildman–Crippen MR) is 154 cm³/mol. The molecular formula is C34H43NO3. The molecule has 1 aliphatic heterocycles. The second-order valence-corrected chi connectivity index (χ2v) is 12.5. The maximum atomic E-state index is 12.8. The number of esters is 1. The molecule has 3 aromatic carbocycles. The summed E-state index contributed by atoms with van der Waals surface area (Å²) in [5.41, 5.74) is 3.90. The molecule has 0 N–H and O–H groups in total. The number of likely N-dealkylation sites (tertiary alicyclic amines) is 1. The Kier molecular flexibility index (Phi) is 8.09. The summed E-state index contributed by atoms with van der Waals surface area (Å²) < 4.78 is 12.5. The van der Waals surface area contributed by atoms with Crippen molar-refractivity contribution in [3.05, 3.63) is 77.4 Å². The first-order chi connectivity index (χ1) is 18.3. The number of nitrogens with zero attached hydrogens (tertiary/aromatic N) is 1. The smallest absolute Gasteiger partial charge is 0.310 e. The van der Waals surface area contributed by atoms with E-state index in [4.69, 9.17) is 9.47 Å². The van der Waals surface area contributed by atoms with Crippen molar-refractivity contribution in [1.82, 2.24) is 4.90 Å². The Morgan fingerprint density at radius 3 is 2.32 bits per heavy atom. The Balaban J connectivity index is 1.28. The average molecular weight is 514 g/mol. The normalized spacial score (nSPS) is 22.5. The fourth-order valence-corrected chi connectivity index (χ4v) is 6.32. The molecule has 0 bridgehead atoms. The lowest BCUT2D eigenvalue weighted by Crippen LogP contribution is -2.31. The molecule has 0 aromatic heterocycles. The van der Waals surface area contributed by atoms with E-state index in [1.54, 1.807) is 0 Å². The predicted octanol–water partition coefficient (Wildman–Crippen LogP) is 7.70. The summed E-state index contributed by atoms with van der Waals surface area (Å²) in [6.45, 7) is 12.0. The number of benzene rings is 3. The molecule has 0 radical (unpaired) electrons. The fraction of sp³-hybridized carbons (Fsp3) is 0.500. The molecule has 202 valence electrons. The van der Waals surface area contributed by atoms with Crippen LogP contribution in [0.3, 0.4) is 0 Å². The molecule has 5 rings (SSSR count). The molecule has 1 saturated carbocycles. The van der Waals surface area contributed by atoms with Crippen molar-refractivity contribution in [3.63, 3.8) is 0 Å². The van der Waals surface area contributed by atoms with Crippen molar-refractivity contribution >= 4 is 16.7 Å². The molecule has 2 fully saturated rings. The van der Waals surface area contributed by atoms with Gasteiger partial charge in [0, 0.05) is 18.7 Å². The van der Waals surface area contributed by atoms with E-state index in [9.17, 15) is 4.79 Å². The van der Waals surface area contributed by atoms with E-state index in [0.717, 1.165) is 56.1 Å². The maximum Gasteiger partial charge on any atom is 0.310 e. The molecule has 1 saturated heterocycles. The van der Waals surface area contributed by atoms with E-state index in [-0.39, 0.29) is 18.0 Å². The molecule has 0 amide bonds. The highest BCUT2D eigenvalue weighted by Gasteiger charge is 2.32. The number of rotatable bonds is 7. The Morgan fingerprint density at radius 1 is 0.921 bits per heavy atom. The van der Waals surface area contributed by atoms with Gasteiger partial charge in [-0.15, -0.1) is 0 Å². The maximum absolute atomic E-state index is 12.8. The van der Waals surface area contributed by atoms with Crippen LogP contribution in [0.1, 0.15) is 69.6 Å². The van der Waals surface area contributed by atoms with Crippen molar-refractivity contribution in [2.45, 2.75) is 79.1 Å². The number of hydrogen-bond donors (Lipinski definition) is 0. The van der Waals surface area contributed by atoms with Gasteiger partial charge in [-0.1, -0.05) is 75.4 Å². The summed E-state index contributed by atoms with van der Waals surface area (Å²) in [5.74, 6) is 1.63. The van der Waals surface area contributed by atoms with Gasteiger partial charge in [-0.05, 0) is 84.9 Å². The Morgan fingerprint density at radius 2 is 1.61 bits per heavy atom. The van der Waals surface area contributed by atoms with Gasteiger partial charge in [-0.25, -0.2) is 0 Å². The first kappa shape index (κ1) is 26.7. The minimum absolute atomic E-state index is 0.0764. The van der Waals surface area contributed by atoms with E-state index in [1.165, 1.54) is 34.7 Å². The van der Waals surface area contributed by atoms with E-state index in [0.29, 0.717) is 12.0 Å². The lowest BCUT2D eigenvalue weighted by atomic mass is 9.72. The first-order valence-corrected chi connectivity index (χ1v) is 14.4. The highest BCUT2D eigenvalue weighted by atomic mass is 16.5. The van der Waals surface area contributed by atoms with Gasteiger partial charge in [-0.3, -0.25) is 9.69 Å². The molecule has 1 atom stereocenters. The van der Waals surface area contributed by atoms with E-state index >= 15 is 0 Å². The number of carbonyl (C=O) groups excluding carboxylic acids is 1. The quantitative estimate of drug-likeness (QED) is 0.304. The minimum Gasteiger partial charge on any atom is -0.490 e. The first-order valence-electron chi connectivity index (χ1n) is 14.4. The molecule has 3 aromatic rings. The average Bonchev–Trinajstić information content (AvgIpc) is 3.39. The Hall–Kier alpha value is -2.85.